The molecule has 3 atom stereocenters. The largest absolute Gasteiger partial charge is 0.477 e. The molecule has 204 valence electrons. The fourth-order valence-electron chi connectivity index (χ4n) is 4.96. The zero-order valence-electron chi connectivity index (χ0n) is 21.1. The third-order valence-electron chi connectivity index (χ3n) is 7.14. The molecule has 6 rings (SSSR count). The maximum Gasteiger partial charge on any atom is 0.341 e. The SMILES string of the molecule is NC1C(=O)N2CC(CSc3ccnc4c(C(=O)O)cnn34)(C(=O)OC(c3ccccc3)c3ccccc3)CS[C@H]12. The van der Waals surface area contributed by atoms with Crippen LogP contribution < -0.4 is 5.73 Å². The number of carboxylic acid groups (broad SMARTS) is 1. The number of thioether (sulfide) groups is 2. The average molecular weight is 576 g/mol. The van der Waals surface area contributed by atoms with Crippen molar-refractivity contribution in [2.75, 3.05) is 18.1 Å². The van der Waals surface area contributed by atoms with Crippen molar-refractivity contribution in [2.45, 2.75) is 22.5 Å². The number of benzene rings is 2. The smallest absolute Gasteiger partial charge is 0.341 e. The first kappa shape index (κ1) is 26.4. The van der Waals surface area contributed by atoms with Crippen molar-refractivity contribution in [3.05, 3.63) is 95.8 Å². The van der Waals surface area contributed by atoms with Crippen molar-refractivity contribution in [2.24, 2.45) is 11.1 Å². The summed E-state index contributed by atoms with van der Waals surface area (Å²) in [4.78, 5) is 44.2. The van der Waals surface area contributed by atoms with Crippen LogP contribution in [0.4, 0.5) is 0 Å². The van der Waals surface area contributed by atoms with Gasteiger partial charge in [0.05, 0.1) is 6.20 Å². The van der Waals surface area contributed by atoms with Gasteiger partial charge in [-0.05, 0) is 17.2 Å². The molecule has 1 amide bonds. The van der Waals surface area contributed by atoms with E-state index in [4.69, 9.17) is 10.5 Å². The molecule has 2 fully saturated rings. The number of rotatable bonds is 8. The molecule has 10 nitrogen and oxygen atoms in total. The lowest BCUT2D eigenvalue weighted by Gasteiger charge is -2.53. The van der Waals surface area contributed by atoms with Gasteiger partial charge in [0.25, 0.3) is 0 Å². The fraction of sp³-hybridized carbons (Fsp3) is 0.250. The number of aromatic nitrogens is 3. The number of carboxylic acids is 1. The van der Waals surface area contributed by atoms with E-state index in [9.17, 15) is 19.5 Å². The summed E-state index contributed by atoms with van der Waals surface area (Å²) >= 11 is 2.82. The minimum absolute atomic E-state index is 0.0126. The molecule has 2 aliphatic heterocycles. The van der Waals surface area contributed by atoms with Gasteiger partial charge in [0.15, 0.2) is 11.8 Å². The van der Waals surface area contributed by atoms with Crippen LogP contribution in [-0.2, 0) is 14.3 Å². The van der Waals surface area contributed by atoms with Crippen LogP contribution in [0.2, 0.25) is 0 Å². The van der Waals surface area contributed by atoms with Crippen molar-refractivity contribution >= 4 is 47.0 Å². The molecule has 0 spiro atoms. The maximum atomic E-state index is 14.2. The van der Waals surface area contributed by atoms with Crippen molar-refractivity contribution in [1.29, 1.82) is 0 Å². The number of nitrogens with zero attached hydrogens (tertiary/aromatic N) is 4. The standard InChI is InChI=1S/C28H25N5O5S2/c29-21-24(34)32-14-28(16-40-25(21)32,15-39-20-11-12-30-23-19(26(35)36)13-31-33(20)23)27(37)38-22(17-7-3-1-4-8-17)18-9-5-2-6-10-18/h1-13,21-22,25H,14-16,29H2,(H,35,36)/t21?,25-,28?/m1/s1. The van der Waals surface area contributed by atoms with E-state index in [0.29, 0.717) is 10.8 Å². The van der Waals surface area contributed by atoms with Gasteiger partial charge in [-0.3, -0.25) is 9.59 Å². The van der Waals surface area contributed by atoms with Crippen LogP contribution in [0.25, 0.3) is 5.65 Å². The van der Waals surface area contributed by atoms with Crippen LogP contribution in [0.3, 0.4) is 0 Å². The maximum absolute atomic E-state index is 14.2. The Labute approximate surface area is 237 Å². The van der Waals surface area contributed by atoms with Gasteiger partial charge in [0, 0.05) is 24.2 Å². The Morgan fingerprint density at radius 1 is 1.12 bits per heavy atom. The Balaban J connectivity index is 1.33. The minimum atomic E-state index is -1.13. The number of hydrogen-bond acceptors (Lipinski definition) is 9. The van der Waals surface area contributed by atoms with E-state index in [-0.39, 0.29) is 34.8 Å². The minimum Gasteiger partial charge on any atom is -0.477 e. The number of β-lactam (4-membered cyclic amide) rings is 1. The highest BCUT2D eigenvalue weighted by molar-refractivity contribution is 8.00. The number of carbonyl (C=O) groups excluding carboxylic acids is 2. The molecule has 2 aromatic heterocycles. The summed E-state index contributed by atoms with van der Waals surface area (Å²) in [6.45, 7) is 0.174. The van der Waals surface area contributed by atoms with E-state index in [2.05, 4.69) is 10.1 Å². The van der Waals surface area contributed by atoms with E-state index in [1.54, 1.807) is 11.0 Å². The van der Waals surface area contributed by atoms with Gasteiger partial charge >= 0.3 is 11.9 Å². The monoisotopic (exact) mass is 575 g/mol. The molecule has 4 aromatic rings. The fourth-order valence-corrected chi connectivity index (χ4v) is 7.72. The summed E-state index contributed by atoms with van der Waals surface area (Å²) < 4.78 is 7.75. The zero-order valence-corrected chi connectivity index (χ0v) is 22.8. The molecule has 0 aliphatic carbocycles. The number of ether oxygens (including phenoxy) is 1. The van der Waals surface area contributed by atoms with Gasteiger partial charge in [-0.15, -0.1) is 23.5 Å². The number of amides is 1. The number of carbonyl (C=O) groups is 3. The van der Waals surface area contributed by atoms with Crippen molar-refractivity contribution < 1.29 is 24.2 Å². The quantitative estimate of drug-likeness (QED) is 0.139. The number of nitrogens with two attached hydrogens (primary N) is 1. The van der Waals surface area contributed by atoms with Gasteiger partial charge in [-0.2, -0.15) is 5.10 Å². The topological polar surface area (TPSA) is 140 Å². The molecule has 3 N–H and O–H groups in total. The Kier molecular flexibility index (Phi) is 6.99. The van der Waals surface area contributed by atoms with Crippen molar-refractivity contribution in [3.8, 4) is 0 Å². The van der Waals surface area contributed by atoms with Crippen molar-refractivity contribution in [1.82, 2.24) is 19.5 Å². The molecule has 2 aromatic carbocycles. The molecule has 40 heavy (non-hydrogen) atoms. The second-order valence-corrected chi connectivity index (χ2v) is 11.9. The average Bonchev–Trinajstić information content (AvgIpc) is 3.44. The number of esters is 1. The van der Waals surface area contributed by atoms with E-state index < -0.39 is 29.5 Å². The molecule has 2 unspecified atom stereocenters. The number of fused-ring (bicyclic) bond motifs is 2. The van der Waals surface area contributed by atoms with Gasteiger partial charge in [0.1, 0.15) is 27.4 Å². The first-order valence-electron chi connectivity index (χ1n) is 12.6. The molecule has 0 radical (unpaired) electrons. The van der Waals surface area contributed by atoms with Crippen LogP contribution in [-0.4, -0.2) is 71.9 Å². The van der Waals surface area contributed by atoms with Gasteiger partial charge in [-0.1, -0.05) is 60.7 Å². The van der Waals surface area contributed by atoms with Crippen LogP contribution in [0.15, 0.2) is 84.1 Å². The summed E-state index contributed by atoms with van der Waals surface area (Å²) in [6.07, 6.45) is 2.14. The molecule has 2 aliphatic rings. The van der Waals surface area contributed by atoms with Crippen LogP contribution >= 0.6 is 23.5 Å². The Bertz CT molecular complexity index is 1540. The predicted octanol–water partition coefficient (Wildman–Crippen LogP) is 3.08. The molecule has 0 saturated carbocycles. The highest BCUT2D eigenvalue weighted by atomic mass is 32.2. The second kappa shape index (κ2) is 10.6. The van der Waals surface area contributed by atoms with Crippen LogP contribution in [0, 0.1) is 5.41 Å². The van der Waals surface area contributed by atoms with Crippen LogP contribution in [0.5, 0.6) is 0 Å². The first-order valence-corrected chi connectivity index (χ1v) is 14.6. The highest BCUT2D eigenvalue weighted by Gasteiger charge is 2.56. The van der Waals surface area contributed by atoms with E-state index in [0.717, 1.165) is 11.1 Å². The Hall–Kier alpha value is -3.87. The lowest BCUT2D eigenvalue weighted by molar-refractivity contribution is -0.163. The lowest BCUT2D eigenvalue weighted by Crippen LogP contribution is -2.72. The summed E-state index contributed by atoms with van der Waals surface area (Å²) in [5.41, 5.74) is 6.84. The molecule has 0 bridgehead atoms. The van der Waals surface area contributed by atoms with Crippen LogP contribution in [0.1, 0.15) is 27.6 Å². The van der Waals surface area contributed by atoms with Crippen molar-refractivity contribution in [3.63, 3.8) is 0 Å². The zero-order chi connectivity index (χ0) is 27.9. The summed E-state index contributed by atoms with van der Waals surface area (Å²) in [5.74, 6) is -1.06. The van der Waals surface area contributed by atoms with Gasteiger partial charge in [0.2, 0.25) is 5.91 Å². The Morgan fingerprint density at radius 3 is 2.45 bits per heavy atom. The third kappa shape index (κ3) is 4.61. The summed E-state index contributed by atoms with van der Waals surface area (Å²) in [6, 6.07) is 20.2. The van der Waals surface area contributed by atoms with Gasteiger partial charge in [-0.25, -0.2) is 14.3 Å². The van der Waals surface area contributed by atoms with E-state index in [1.807, 2.05) is 60.7 Å². The molecule has 2 saturated heterocycles. The third-order valence-corrected chi connectivity index (χ3v) is 10.1. The number of aromatic carboxylic acids is 1. The molecular formula is C28H25N5O5S2. The Morgan fingerprint density at radius 2 is 1.80 bits per heavy atom. The summed E-state index contributed by atoms with van der Waals surface area (Å²) in [7, 11) is 0. The van der Waals surface area contributed by atoms with Gasteiger partial charge < -0.3 is 20.5 Å². The normalized spacial score (nSPS) is 22.1. The van der Waals surface area contributed by atoms with E-state index >= 15 is 0 Å². The number of hydrogen-bond donors (Lipinski definition) is 2. The molecule has 4 heterocycles. The first-order chi connectivity index (χ1) is 19.4. The lowest BCUT2D eigenvalue weighted by atomic mass is 9.89. The second-order valence-electron chi connectivity index (χ2n) is 9.75. The molecular weight excluding hydrogens is 550 g/mol. The highest BCUT2D eigenvalue weighted by Crippen LogP contribution is 2.45. The predicted molar refractivity (Wildman–Crippen MR) is 150 cm³/mol. The summed E-state index contributed by atoms with van der Waals surface area (Å²) in [5, 5.41) is 14.1. The van der Waals surface area contributed by atoms with E-state index in [1.165, 1.54) is 40.4 Å². The molecule has 12 heteroatoms.